The van der Waals surface area contributed by atoms with E-state index in [2.05, 4.69) is 20.5 Å². The molecule has 108 valence electrons. The monoisotopic (exact) mass is 293 g/mol. The van der Waals surface area contributed by atoms with E-state index in [-0.39, 0.29) is 5.69 Å². The molecule has 0 radical (unpaired) electrons. The number of aromatic nitrogens is 4. The Morgan fingerprint density at radius 2 is 2.30 bits per heavy atom. The second-order valence-electron chi connectivity index (χ2n) is 4.29. The SMILES string of the molecule is CCCn1c(SCc2cccnc2NCC)n[nH]c1=O. The van der Waals surface area contributed by atoms with Crippen LogP contribution in [0.1, 0.15) is 25.8 Å². The van der Waals surface area contributed by atoms with Crippen molar-refractivity contribution in [1.29, 1.82) is 0 Å². The topological polar surface area (TPSA) is 75.6 Å². The van der Waals surface area contributed by atoms with E-state index in [0.29, 0.717) is 6.54 Å². The first kappa shape index (κ1) is 14.6. The lowest BCUT2D eigenvalue weighted by Gasteiger charge is -2.09. The van der Waals surface area contributed by atoms with Crippen molar-refractivity contribution >= 4 is 17.6 Å². The Kier molecular flexibility index (Phi) is 5.23. The Labute approximate surface area is 122 Å². The maximum Gasteiger partial charge on any atom is 0.343 e. The van der Waals surface area contributed by atoms with Gasteiger partial charge in [0.25, 0.3) is 0 Å². The third-order valence-electron chi connectivity index (χ3n) is 2.76. The average Bonchev–Trinajstić information content (AvgIpc) is 2.80. The van der Waals surface area contributed by atoms with Gasteiger partial charge in [0.05, 0.1) is 0 Å². The van der Waals surface area contributed by atoms with Crippen LogP contribution < -0.4 is 11.0 Å². The third-order valence-corrected chi connectivity index (χ3v) is 3.79. The summed E-state index contributed by atoms with van der Waals surface area (Å²) in [6.45, 7) is 5.60. The lowest BCUT2D eigenvalue weighted by atomic mass is 10.3. The molecule has 2 N–H and O–H groups in total. The van der Waals surface area contributed by atoms with Crippen LogP contribution in [0.3, 0.4) is 0 Å². The van der Waals surface area contributed by atoms with E-state index in [1.165, 1.54) is 0 Å². The fourth-order valence-electron chi connectivity index (χ4n) is 1.86. The summed E-state index contributed by atoms with van der Waals surface area (Å²) in [5, 5.41) is 10.5. The summed E-state index contributed by atoms with van der Waals surface area (Å²) in [6, 6.07) is 3.95. The lowest BCUT2D eigenvalue weighted by Crippen LogP contribution is -2.17. The van der Waals surface area contributed by atoms with Crippen molar-refractivity contribution in [1.82, 2.24) is 19.7 Å². The molecule has 0 saturated heterocycles. The highest BCUT2D eigenvalue weighted by molar-refractivity contribution is 7.98. The summed E-state index contributed by atoms with van der Waals surface area (Å²) < 4.78 is 1.67. The second kappa shape index (κ2) is 7.14. The van der Waals surface area contributed by atoms with Gasteiger partial charge in [-0.15, -0.1) is 5.10 Å². The van der Waals surface area contributed by atoms with Crippen LogP contribution in [0.2, 0.25) is 0 Å². The predicted molar refractivity (Wildman–Crippen MR) is 81.1 cm³/mol. The van der Waals surface area contributed by atoms with Gasteiger partial charge in [-0.1, -0.05) is 24.8 Å². The standard InChI is InChI=1S/C13H19N5OS/c1-3-8-18-12(19)16-17-13(18)20-9-10-6-5-7-15-11(10)14-4-2/h5-7H,3-4,8-9H2,1-2H3,(H,14,15)(H,16,19). The third kappa shape index (κ3) is 3.41. The normalized spacial score (nSPS) is 10.7. The summed E-state index contributed by atoms with van der Waals surface area (Å²) in [5.41, 5.74) is 0.963. The van der Waals surface area contributed by atoms with E-state index >= 15 is 0 Å². The zero-order chi connectivity index (χ0) is 14.4. The molecule has 7 heteroatoms. The average molecular weight is 293 g/mol. The van der Waals surface area contributed by atoms with Crippen molar-refractivity contribution in [2.75, 3.05) is 11.9 Å². The molecule has 0 aliphatic heterocycles. The van der Waals surface area contributed by atoms with Crippen molar-refractivity contribution in [3.63, 3.8) is 0 Å². The van der Waals surface area contributed by atoms with Gasteiger partial charge in [-0.3, -0.25) is 4.57 Å². The molecule has 0 fully saturated rings. The predicted octanol–water partition coefficient (Wildman–Crippen LogP) is 2.10. The number of hydrogen-bond donors (Lipinski definition) is 2. The summed E-state index contributed by atoms with van der Waals surface area (Å²) >= 11 is 1.54. The van der Waals surface area contributed by atoms with Crippen molar-refractivity contribution in [2.45, 2.75) is 37.7 Å². The van der Waals surface area contributed by atoms with Crippen molar-refractivity contribution in [3.8, 4) is 0 Å². The molecular weight excluding hydrogens is 274 g/mol. The van der Waals surface area contributed by atoms with Gasteiger partial charge >= 0.3 is 5.69 Å². The van der Waals surface area contributed by atoms with Crippen LogP contribution in [0.25, 0.3) is 0 Å². The Hall–Kier alpha value is -1.76. The summed E-state index contributed by atoms with van der Waals surface area (Å²) in [4.78, 5) is 15.9. The van der Waals surface area contributed by atoms with Gasteiger partial charge in [0.15, 0.2) is 5.16 Å². The van der Waals surface area contributed by atoms with Crippen LogP contribution in [0.15, 0.2) is 28.3 Å². The van der Waals surface area contributed by atoms with Gasteiger partial charge in [-0.05, 0) is 19.4 Å². The number of nitrogens with zero attached hydrogens (tertiary/aromatic N) is 3. The fraction of sp³-hybridized carbons (Fsp3) is 0.462. The van der Waals surface area contributed by atoms with E-state index < -0.39 is 0 Å². The molecule has 6 nitrogen and oxygen atoms in total. The molecule has 0 bridgehead atoms. The first-order valence-corrected chi connectivity index (χ1v) is 7.70. The molecule has 2 rings (SSSR count). The quantitative estimate of drug-likeness (QED) is 0.765. The van der Waals surface area contributed by atoms with E-state index in [9.17, 15) is 4.79 Å². The first-order chi connectivity index (χ1) is 9.76. The van der Waals surface area contributed by atoms with Crippen LogP contribution in [-0.4, -0.2) is 26.3 Å². The Morgan fingerprint density at radius 3 is 3.05 bits per heavy atom. The van der Waals surface area contributed by atoms with E-state index in [1.54, 1.807) is 22.5 Å². The van der Waals surface area contributed by atoms with Crippen molar-refractivity contribution in [3.05, 3.63) is 34.4 Å². The second-order valence-corrected chi connectivity index (χ2v) is 5.24. The lowest BCUT2D eigenvalue weighted by molar-refractivity contribution is 0.604. The Bertz CT molecular complexity index is 607. The minimum atomic E-state index is -0.146. The zero-order valence-electron chi connectivity index (χ0n) is 11.7. The van der Waals surface area contributed by atoms with Gasteiger partial charge in [-0.2, -0.15) is 0 Å². The van der Waals surface area contributed by atoms with Crippen molar-refractivity contribution < 1.29 is 0 Å². The molecule has 2 aromatic rings. The van der Waals surface area contributed by atoms with Crippen LogP contribution in [0, 0.1) is 0 Å². The molecule has 0 amide bonds. The number of pyridine rings is 1. The first-order valence-electron chi connectivity index (χ1n) is 6.72. The molecule has 0 saturated carbocycles. The largest absolute Gasteiger partial charge is 0.370 e. The molecule has 2 heterocycles. The van der Waals surface area contributed by atoms with Crippen LogP contribution >= 0.6 is 11.8 Å². The number of hydrogen-bond acceptors (Lipinski definition) is 5. The van der Waals surface area contributed by atoms with Crippen molar-refractivity contribution in [2.24, 2.45) is 0 Å². The summed E-state index contributed by atoms with van der Waals surface area (Å²) in [5.74, 6) is 1.62. The molecule has 0 aliphatic rings. The van der Waals surface area contributed by atoms with Gasteiger partial charge in [0, 0.05) is 30.6 Å². The minimum Gasteiger partial charge on any atom is -0.370 e. The highest BCUT2D eigenvalue weighted by Gasteiger charge is 2.10. The van der Waals surface area contributed by atoms with E-state index in [1.807, 2.05) is 26.0 Å². The van der Waals surface area contributed by atoms with Gasteiger partial charge < -0.3 is 5.32 Å². The molecule has 0 aliphatic carbocycles. The molecule has 2 aromatic heterocycles. The number of H-pyrrole nitrogens is 1. The summed E-state index contributed by atoms with van der Waals surface area (Å²) in [6.07, 6.45) is 2.68. The smallest absolute Gasteiger partial charge is 0.343 e. The highest BCUT2D eigenvalue weighted by Crippen LogP contribution is 2.23. The number of nitrogens with one attached hydrogen (secondary N) is 2. The molecule has 0 atom stereocenters. The number of thioether (sulfide) groups is 1. The van der Waals surface area contributed by atoms with Gasteiger partial charge in [-0.25, -0.2) is 14.9 Å². The molecule has 0 aromatic carbocycles. The molecule has 0 unspecified atom stereocenters. The van der Waals surface area contributed by atoms with E-state index in [4.69, 9.17) is 0 Å². The Morgan fingerprint density at radius 1 is 1.45 bits per heavy atom. The molecule has 20 heavy (non-hydrogen) atoms. The maximum absolute atomic E-state index is 11.6. The fourth-order valence-corrected chi connectivity index (χ4v) is 2.82. The van der Waals surface area contributed by atoms with Gasteiger partial charge in [0.1, 0.15) is 5.82 Å². The zero-order valence-corrected chi connectivity index (χ0v) is 12.5. The number of rotatable bonds is 7. The number of anilines is 1. The van der Waals surface area contributed by atoms with Crippen LogP contribution in [-0.2, 0) is 12.3 Å². The highest BCUT2D eigenvalue weighted by atomic mass is 32.2. The van der Waals surface area contributed by atoms with Gasteiger partial charge in [0.2, 0.25) is 0 Å². The van der Waals surface area contributed by atoms with E-state index in [0.717, 1.165) is 35.3 Å². The van der Waals surface area contributed by atoms with Crippen LogP contribution in [0.5, 0.6) is 0 Å². The minimum absolute atomic E-state index is 0.146. The Balaban J connectivity index is 2.11. The molecule has 0 spiro atoms. The number of aromatic amines is 1. The summed E-state index contributed by atoms with van der Waals surface area (Å²) in [7, 11) is 0. The van der Waals surface area contributed by atoms with Crippen LogP contribution in [0.4, 0.5) is 5.82 Å². The maximum atomic E-state index is 11.6. The molecular formula is C13H19N5OS.